The second-order valence-corrected chi connectivity index (χ2v) is 5.83. The van der Waals surface area contributed by atoms with Gasteiger partial charge in [-0.25, -0.2) is 4.39 Å². The van der Waals surface area contributed by atoms with Gasteiger partial charge in [-0.05, 0) is 54.2 Å². The van der Waals surface area contributed by atoms with Crippen LogP contribution in [0.3, 0.4) is 0 Å². The van der Waals surface area contributed by atoms with Crippen LogP contribution < -0.4 is 0 Å². The third-order valence-electron chi connectivity index (χ3n) is 3.95. The summed E-state index contributed by atoms with van der Waals surface area (Å²) in [6.07, 6.45) is 1.88. The van der Waals surface area contributed by atoms with Crippen molar-refractivity contribution in [2.45, 2.75) is 19.3 Å². The van der Waals surface area contributed by atoms with Crippen molar-refractivity contribution in [1.29, 1.82) is 5.26 Å². The molecule has 0 saturated heterocycles. The van der Waals surface area contributed by atoms with Crippen LogP contribution in [0.5, 0.6) is 0 Å². The first kappa shape index (κ1) is 13.1. The van der Waals surface area contributed by atoms with Crippen molar-refractivity contribution in [3.63, 3.8) is 0 Å². The van der Waals surface area contributed by atoms with Gasteiger partial charge in [-0.3, -0.25) is 0 Å². The van der Waals surface area contributed by atoms with Gasteiger partial charge >= 0.3 is 0 Å². The molecule has 1 aliphatic carbocycles. The highest BCUT2D eigenvalue weighted by Crippen LogP contribution is 2.40. The van der Waals surface area contributed by atoms with Crippen molar-refractivity contribution in [3.8, 4) is 6.07 Å². The molecule has 0 saturated carbocycles. The third kappa shape index (κ3) is 2.30. The molecular formula is C17H13ClFN. The Morgan fingerprint density at radius 3 is 2.40 bits per heavy atom. The van der Waals surface area contributed by atoms with Gasteiger partial charge in [-0.2, -0.15) is 5.26 Å². The SMILES string of the molecule is N#CC1(Cc2cc(F)ccc2Cl)Cc2ccccc2C1. The van der Waals surface area contributed by atoms with Gasteiger partial charge < -0.3 is 0 Å². The number of fused-ring (bicyclic) bond motifs is 1. The second-order valence-electron chi connectivity index (χ2n) is 5.43. The van der Waals surface area contributed by atoms with Crippen molar-refractivity contribution in [1.82, 2.24) is 0 Å². The normalized spacial score (nSPS) is 15.7. The highest BCUT2D eigenvalue weighted by Gasteiger charge is 2.37. The molecule has 2 aromatic rings. The molecular weight excluding hydrogens is 273 g/mol. The fraction of sp³-hybridized carbons (Fsp3) is 0.235. The van der Waals surface area contributed by atoms with E-state index in [2.05, 4.69) is 18.2 Å². The Bertz CT molecular complexity index is 677. The standard InChI is InChI=1S/C17H13ClFN/c18-16-6-5-15(19)7-14(16)10-17(11-20)8-12-3-1-2-4-13(12)9-17/h1-7H,8-10H2. The molecule has 3 heteroatoms. The third-order valence-corrected chi connectivity index (χ3v) is 4.32. The van der Waals surface area contributed by atoms with Crippen LogP contribution in [-0.4, -0.2) is 0 Å². The van der Waals surface area contributed by atoms with E-state index in [1.165, 1.54) is 23.3 Å². The average Bonchev–Trinajstić information content (AvgIpc) is 2.81. The first-order valence-electron chi connectivity index (χ1n) is 6.54. The molecule has 0 spiro atoms. The van der Waals surface area contributed by atoms with Crippen LogP contribution in [0.25, 0.3) is 0 Å². The van der Waals surface area contributed by atoms with E-state index in [9.17, 15) is 9.65 Å². The van der Waals surface area contributed by atoms with Gasteiger partial charge in [0.2, 0.25) is 0 Å². The van der Waals surface area contributed by atoms with Gasteiger partial charge in [0, 0.05) is 5.02 Å². The van der Waals surface area contributed by atoms with Gasteiger partial charge in [-0.1, -0.05) is 35.9 Å². The monoisotopic (exact) mass is 285 g/mol. The summed E-state index contributed by atoms with van der Waals surface area (Å²) < 4.78 is 13.4. The summed E-state index contributed by atoms with van der Waals surface area (Å²) in [5.74, 6) is -0.312. The second kappa shape index (κ2) is 4.92. The summed E-state index contributed by atoms with van der Waals surface area (Å²) in [5.41, 5.74) is 2.62. The highest BCUT2D eigenvalue weighted by atomic mass is 35.5. The molecule has 20 heavy (non-hydrogen) atoms. The highest BCUT2D eigenvalue weighted by molar-refractivity contribution is 6.31. The number of nitriles is 1. The Morgan fingerprint density at radius 2 is 1.80 bits per heavy atom. The number of hydrogen-bond acceptors (Lipinski definition) is 1. The molecule has 0 atom stereocenters. The predicted molar refractivity (Wildman–Crippen MR) is 77.0 cm³/mol. The molecule has 0 radical (unpaired) electrons. The molecule has 100 valence electrons. The number of nitrogens with zero attached hydrogens (tertiary/aromatic N) is 1. The Hall–Kier alpha value is -1.85. The van der Waals surface area contributed by atoms with Crippen LogP contribution in [0.15, 0.2) is 42.5 Å². The van der Waals surface area contributed by atoms with E-state index in [-0.39, 0.29) is 5.82 Å². The van der Waals surface area contributed by atoms with Gasteiger partial charge in [0.25, 0.3) is 0 Å². The molecule has 0 amide bonds. The van der Waals surface area contributed by atoms with Crippen molar-refractivity contribution < 1.29 is 4.39 Å². The predicted octanol–water partition coefficient (Wildman–Crippen LogP) is 4.33. The van der Waals surface area contributed by atoms with Crippen LogP contribution in [-0.2, 0) is 19.3 Å². The zero-order valence-electron chi connectivity index (χ0n) is 10.9. The fourth-order valence-electron chi connectivity index (χ4n) is 2.98. The fourth-order valence-corrected chi connectivity index (χ4v) is 3.17. The summed E-state index contributed by atoms with van der Waals surface area (Å²) >= 11 is 6.13. The summed E-state index contributed by atoms with van der Waals surface area (Å²) in [5, 5.41) is 10.1. The molecule has 0 bridgehead atoms. The molecule has 0 unspecified atom stereocenters. The summed E-state index contributed by atoms with van der Waals surface area (Å²) in [6.45, 7) is 0. The lowest BCUT2D eigenvalue weighted by molar-refractivity contribution is 0.417. The van der Waals surface area contributed by atoms with E-state index in [0.717, 1.165) is 0 Å². The minimum atomic E-state index is -0.513. The summed E-state index contributed by atoms with van der Waals surface area (Å²) in [6, 6.07) is 14.9. The van der Waals surface area contributed by atoms with E-state index < -0.39 is 5.41 Å². The van der Waals surface area contributed by atoms with E-state index in [4.69, 9.17) is 11.6 Å². The Balaban J connectivity index is 1.94. The van der Waals surface area contributed by atoms with Crippen molar-refractivity contribution in [2.75, 3.05) is 0 Å². The number of rotatable bonds is 2. The van der Waals surface area contributed by atoms with E-state index in [1.807, 2.05) is 12.1 Å². The van der Waals surface area contributed by atoms with Crippen LogP contribution in [0.2, 0.25) is 5.02 Å². The Morgan fingerprint density at radius 1 is 1.15 bits per heavy atom. The minimum Gasteiger partial charge on any atom is -0.207 e. The van der Waals surface area contributed by atoms with Crippen LogP contribution in [0, 0.1) is 22.6 Å². The molecule has 0 aliphatic heterocycles. The first-order valence-corrected chi connectivity index (χ1v) is 6.92. The summed E-state index contributed by atoms with van der Waals surface area (Å²) in [7, 11) is 0. The first-order chi connectivity index (χ1) is 9.62. The number of hydrogen-bond donors (Lipinski definition) is 0. The van der Waals surface area contributed by atoms with Crippen LogP contribution >= 0.6 is 11.6 Å². The Kier molecular flexibility index (Phi) is 3.23. The maximum atomic E-state index is 13.4. The maximum Gasteiger partial charge on any atom is 0.123 e. The molecule has 3 rings (SSSR count). The van der Waals surface area contributed by atoms with E-state index in [1.54, 1.807) is 6.07 Å². The smallest absolute Gasteiger partial charge is 0.123 e. The molecule has 0 fully saturated rings. The van der Waals surface area contributed by atoms with E-state index >= 15 is 0 Å². The van der Waals surface area contributed by atoms with E-state index in [0.29, 0.717) is 29.8 Å². The quantitative estimate of drug-likeness (QED) is 0.806. The van der Waals surface area contributed by atoms with Crippen molar-refractivity contribution >= 4 is 11.6 Å². The summed E-state index contributed by atoms with van der Waals surface area (Å²) in [4.78, 5) is 0. The lowest BCUT2D eigenvalue weighted by atomic mass is 9.80. The van der Waals surface area contributed by atoms with Crippen LogP contribution in [0.4, 0.5) is 4.39 Å². The maximum absolute atomic E-state index is 13.4. The zero-order valence-corrected chi connectivity index (χ0v) is 11.6. The molecule has 0 heterocycles. The number of halogens is 2. The van der Waals surface area contributed by atoms with Gasteiger partial charge in [-0.15, -0.1) is 0 Å². The largest absolute Gasteiger partial charge is 0.207 e. The molecule has 1 nitrogen and oxygen atoms in total. The molecule has 1 aliphatic rings. The average molecular weight is 286 g/mol. The van der Waals surface area contributed by atoms with Crippen molar-refractivity contribution in [3.05, 3.63) is 70.0 Å². The van der Waals surface area contributed by atoms with Gasteiger partial charge in [0.05, 0.1) is 11.5 Å². The molecule has 0 aromatic heterocycles. The van der Waals surface area contributed by atoms with Gasteiger partial charge in [0.1, 0.15) is 5.82 Å². The lowest BCUT2D eigenvalue weighted by Crippen LogP contribution is -2.22. The Labute approximate surface area is 122 Å². The van der Waals surface area contributed by atoms with Crippen LogP contribution in [0.1, 0.15) is 16.7 Å². The van der Waals surface area contributed by atoms with Gasteiger partial charge in [0.15, 0.2) is 0 Å². The molecule has 0 N–H and O–H groups in total. The zero-order chi connectivity index (χ0) is 14.2. The number of benzene rings is 2. The minimum absolute atomic E-state index is 0.312. The lowest BCUT2D eigenvalue weighted by Gasteiger charge is -2.21. The molecule has 2 aromatic carbocycles. The van der Waals surface area contributed by atoms with Crippen molar-refractivity contribution in [2.24, 2.45) is 5.41 Å². The topological polar surface area (TPSA) is 23.8 Å².